The van der Waals surface area contributed by atoms with Crippen LogP contribution in [0.3, 0.4) is 0 Å². The van der Waals surface area contributed by atoms with Crippen LogP contribution in [0.25, 0.3) is 33.1 Å². The normalized spacial score (nSPS) is 10.6. The maximum Gasteiger partial charge on any atom is 0.270 e. The van der Waals surface area contributed by atoms with Crippen molar-refractivity contribution in [1.29, 1.82) is 0 Å². The molecular formula is C35H36ClF3I4N8O3. The fourth-order valence-corrected chi connectivity index (χ4v) is 6.41. The number of hydrogen-bond acceptors (Lipinski definition) is 8. The number of anilines is 2. The number of benzene rings is 4. The Kier molecular flexibility index (Phi) is 19.2. The lowest BCUT2D eigenvalue weighted by Crippen LogP contribution is -2.14. The van der Waals surface area contributed by atoms with E-state index in [0.717, 1.165) is 54.8 Å². The van der Waals surface area contributed by atoms with E-state index in [9.17, 15) is 13.2 Å². The van der Waals surface area contributed by atoms with Crippen LogP contribution in [0.2, 0.25) is 5.02 Å². The van der Waals surface area contributed by atoms with E-state index in [1.165, 1.54) is 45.6 Å². The monoisotopic (exact) mass is 1220 g/mol. The highest BCUT2D eigenvalue weighted by Gasteiger charge is 2.07. The lowest BCUT2D eigenvalue weighted by Gasteiger charge is -2.08. The molecule has 0 radical (unpaired) electrons. The summed E-state index contributed by atoms with van der Waals surface area (Å²) in [7, 11) is 4.53. The van der Waals surface area contributed by atoms with Gasteiger partial charge in [0, 0.05) is 50.1 Å². The van der Waals surface area contributed by atoms with Gasteiger partial charge in [-0.05, 0) is 141 Å². The average molecular weight is 1220 g/mol. The van der Waals surface area contributed by atoms with E-state index in [-0.39, 0.29) is 23.1 Å². The Balaban J connectivity index is 0.000000184. The maximum atomic E-state index is 13.2. The van der Waals surface area contributed by atoms with E-state index in [4.69, 9.17) is 23.1 Å². The molecule has 0 aliphatic carbocycles. The van der Waals surface area contributed by atoms with Crippen molar-refractivity contribution in [1.82, 2.24) is 29.1 Å². The van der Waals surface area contributed by atoms with Crippen molar-refractivity contribution in [3.05, 3.63) is 104 Å². The van der Waals surface area contributed by atoms with Gasteiger partial charge in [-0.3, -0.25) is 0 Å². The SMILES string of the molecule is CCn1cnc2cc(I)c(Cl)cc21.CCn1cnc2cc(I)c(F)cc21.COC(OC)OC.Fc1cc2[nH]cnc2cc1I.Nc1cc(F)c(I)cc1N. The van der Waals surface area contributed by atoms with Gasteiger partial charge in [-0.1, -0.05) is 11.6 Å². The number of nitrogens with zero attached hydrogens (tertiary/aromatic N) is 5. The lowest BCUT2D eigenvalue weighted by molar-refractivity contribution is -0.252. The fraction of sp³-hybridized carbons (Fsp3) is 0.229. The van der Waals surface area contributed by atoms with Crippen LogP contribution < -0.4 is 11.5 Å². The number of fused-ring (bicyclic) bond motifs is 3. The molecule has 3 heterocycles. The number of methoxy groups -OCH3 is 3. The number of nitrogens with one attached hydrogen (secondary N) is 1. The van der Waals surface area contributed by atoms with E-state index in [2.05, 4.69) is 68.2 Å². The third-order valence-corrected chi connectivity index (χ3v) is 11.2. The third-order valence-electron chi connectivity index (χ3n) is 7.17. The van der Waals surface area contributed by atoms with Crippen molar-refractivity contribution < 1.29 is 27.4 Å². The van der Waals surface area contributed by atoms with Gasteiger partial charge in [0.05, 0.1) is 79.2 Å². The minimum absolute atomic E-state index is 0.177. The van der Waals surface area contributed by atoms with Crippen molar-refractivity contribution in [3.63, 3.8) is 0 Å². The van der Waals surface area contributed by atoms with Gasteiger partial charge in [-0.15, -0.1) is 0 Å². The number of imidazole rings is 3. The van der Waals surface area contributed by atoms with Crippen LogP contribution in [-0.2, 0) is 27.3 Å². The van der Waals surface area contributed by atoms with Crippen molar-refractivity contribution >= 4 is 146 Å². The molecule has 0 saturated carbocycles. The van der Waals surface area contributed by atoms with Gasteiger partial charge in [0.1, 0.15) is 17.5 Å². The number of nitrogens with two attached hydrogens (primary N) is 2. The first-order valence-electron chi connectivity index (χ1n) is 15.6. The van der Waals surface area contributed by atoms with Crippen LogP contribution in [-0.4, -0.2) is 56.9 Å². The molecule has 5 N–H and O–H groups in total. The largest absolute Gasteiger partial charge is 0.397 e. The number of H-pyrrole nitrogens is 1. The van der Waals surface area contributed by atoms with Gasteiger partial charge < -0.3 is 39.8 Å². The van der Waals surface area contributed by atoms with Gasteiger partial charge in [-0.2, -0.15) is 0 Å². The van der Waals surface area contributed by atoms with Crippen LogP contribution >= 0.6 is 102 Å². The molecule has 290 valence electrons. The highest BCUT2D eigenvalue weighted by molar-refractivity contribution is 14.1. The van der Waals surface area contributed by atoms with E-state index in [1.54, 1.807) is 24.8 Å². The zero-order valence-electron chi connectivity index (χ0n) is 29.5. The van der Waals surface area contributed by atoms with Crippen LogP contribution in [0, 0.1) is 31.7 Å². The highest BCUT2D eigenvalue weighted by atomic mass is 127. The molecule has 0 aliphatic heterocycles. The first kappa shape index (κ1) is 46.2. The molecule has 54 heavy (non-hydrogen) atoms. The van der Waals surface area contributed by atoms with Gasteiger partial charge >= 0.3 is 0 Å². The Hall–Kier alpha value is -2.23. The number of hydrogen-bond donors (Lipinski definition) is 3. The second kappa shape index (κ2) is 22.5. The molecule has 0 bridgehead atoms. The maximum absolute atomic E-state index is 13.2. The van der Waals surface area contributed by atoms with E-state index in [1.807, 2.05) is 97.7 Å². The molecule has 0 atom stereocenters. The van der Waals surface area contributed by atoms with E-state index >= 15 is 0 Å². The molecule has 11 nitrogen and oxygen atoms in total. The van der Waals surface area contributed by atoms with Crippen molar-refractivity contribution in [2.24, 2.45) is 0 Å². The number of rotatable bonds is 5. The van der Waals surface area contributed by atoms with E-state index in [0.29, 0.717) is 16.4 Å². The summed E-state index contributed by atoms with van der Waals surface area (Å²) >= 11 is 14.0. The summed E-state index contributed by atoms with van der Waals surface area (Å²) in [6.45, 7) is 5.33. The molecule has 0 amide bonds. The Bertz CT molecular complexity index is 2110. The summed E-state index contributed by atoms with van der Waals surface area (Å²) in [6.07, 6.45) is 5.14. The topological polar surface area (TPSA) is 144 Å². The quantitative estimate of drug-likeness (QED) is 0.0878. The standard InChI is InChI=1S/C9H8ClIN2.C9H8FIN2.C7H4FIN2.C6H6FIN2.C4H10O3/c2*1-2-13-5-12-8-4-7(11)6(10)3-9(8)13;8-4-1-6-7(2-5(4)9)11-3-10-6;7-3-1-5(9)6(10)2-4(3)8;1-5-4(6-2)7-3/h2*3-5H,2H2,1H3;1-3H,(H,10,11);1-2H,9-10H2;4H,1-3H3. The number of aromatic nitrogens is 6. The number of aryl methyl sites for hydroxylation is 2. The Morgan fingerprint density at radius 1 is 0.648 bits per heavy atom. The minimum atomic E-state index is -0.514. The zero-order chi connectivity index (χ0) is 40.1. The molecule has 0 aliphatic rings. The van der Waals surface area contributed by atoms with Crippen LogP contribution in [0.15, 0.2) is 67.5 Å². The fourth-order valence-electron chi connectivity index (χ4n) is 4.41. The minimum Gasteiger partial charge on any atom is -0.397 e. The number of ether oxygens (including phenoxy) is 3. The summed E-state index contributed by atoms with van der Waals surface area (Å²) in [4.78, 5) is 15.3. The van der Waals surface area contributed by atoms with Crippen LogP contribution in [0.1, 0.15) is 13.8 Å². The molecule has 7 rings (SSSR count). The number of aromatic amines is 1. The molecule has 4 aromatic carbocycles. The first-order valence-corrected chi connectivity index (χ1v) is 20.3. The molecule has 0 saturated heterocycles. The van der Waals surface area contributed by atoms with Gasteiger partial charge in [-0.25, -0.2) is 28.1 Å². The zero-order valence-corrected chi connectivity index (χ0v) is 38.9. The Morgan fingerprint density at radius 3 is 1.59 bits per heavy atom. The predicted octanol–water partition coefficient (Wildman–Crippen LogP) is 10.2. The molecular weight excluding hydrogens is 1180 g/mol. The van der Waals surface area contributed by atoms with Gasteiger partial charge in [0.15, 0.2) is 0 Å². The summed E-state index contributed by atoms with van der Waals surface area (Å²) in [5, 5.41) is 0.795. The molecule has 19 heteroatoms. The lowest BCUT2D eigenvalue weighted by atomic mass is 10.3. The molecule has 0 unspecified atom stereocenters. The predicted molar refractivity (Wildman–Crippen MR) is 243 cm³/mol. The second-order valence-corrected chi connectivity index (χ2v) is 15.7. The van der Waals surface area contributed by atoms with Crippen molar-refractivity contribution in [2.45, 2.75) is 33.4 Å². The summed E-state index contributed by atoms with van der Waals surface area (Å²) in [5.41, 5.74) is 16.8. The second-order valence-electron chi connectivity index (χ2n) is 10.6. The van der Waals surface area contributed by atoms with E-state index < -0.39 is 6.48 Å². The average Bonchev–Trinajstić information content (AvgIpc) is 3.88. The Labute approximate surface area is 369 Å². The van der Waals surface area contributed by atoms with Crippen molar-refractivity contribution in [2.75, 3.05) is 32.8 Å². The molecule has 0 fully saturated rings. The van der Waals surface area contributed by atoms with Crippen LogP contribution in [0.5, 0.6) is 0 Å². The van der Waals surface area contributed by atoms with Gasteiger partial charge in [0.2, 0.25) is 0 Å². The Morgan fingerprint density at radius 2 is 1.09 bits per heavy atom. The smallest absolute Gasteiger partial charge is 0.270 e. The number of nitrogen functional groups attached to an aromatic ring is 2. The van der Waals surface area contributed by atoms with Gasteiger partial charge in [0.25, 0.3) is 6.48 Å². The molecule has 7 aromatic rings. The molecule has 3 aromatic heterocycles. The summed E-state index contributed by atoms with van der Waals surface area (Å²) < 4.78 is 59.3. The number of halogens is 8. The first-order chi connectivity index (χ1) is 25.7. The highest BCUT2D eigenvalue weighted by Crippen LogP contribution is 2.25. The van der Waals surface area contributed by atoms with Crippen molar-refractivity contribution in [3.8, 4) is 0 Å². The third kappa shape index (κ3) is 12.9. The summed E-state index contributed by atoms with van der Waals surface area (Å²) in [6, 6.07) is 13.2. The molecule has 0 spiro atoms. The van der Waals surface area contributed by atoms with Crippen LogP contribution in [0.4, 0.5) is 24.5 Å². The summed E-state index contributed by atoms with van der Waals surface area (Å²) in [5.74, 6) is -0.710.